The molecule has 1 rings (SSSR count). The molecule has 0 fully saturated rings. The molecule has 0 aromatic carbocycles. The van der Waals surface area contributed by atoms with Crippen molar-refractivity contribution in [1.82, 2.24) is 4.98 Å². The average molecular weight is 216 g/mol. The molecule has 80 valence electrons. The maximum Gasteiger partial charge on any atom is 0.0955 e. The molecule has 1 heterocycles. The third-order valence-corrected chi connectivity index (χ3v) is 2.99. The molecule has 4 nitrogen and oxygen atoms in total. The third-order valence-electron chi connectivity index (χ3n) is 1.81. The summed E-state index contributed by atoms with van der Waals surface area (Å²) in [4.78, 5) is 5.55. The van der Waals surface area contributed by atoms with E-state index in [0.29, 0.717) is 19.8 Å². The van der Waals surface area contributed by atoms with Crippen molar-refractivity contribution in [3.63, 3.8) is 0 Å². The van der Waals surface area contributed by atoms with Crippen molar-refractivity contribution >= 4 is 11.3 Å². The molecule has 0 aliphatic rings. The van der Waals surface area contributed by atoms with E-state index in [2.05, 4.69) is 4.98 Å². The molecule has 1 aromatic rings. The highest BCUT2D eigenvalue weighted by atomic mass is 32.1. The standard InChI is InChI=1S/C9H16N2O2S/c1-12-4-3-9-11-7(6-13-2)8(5-10)14-9/h3-6,10H2,1-2H3. The van der Waals surface area contributed by atoms with Crippen LogP contribution in [0.15, 0.2) is 0 Å². The van der Waals surface area contributed by atoms with Gasteiger partial charge in [0.1, 0.15) is 0 Å². The van der Waals surface area contributed by atoms with Gasteiger partial charge in [-0.1, -0.05) is 0 Å². The second-order valence-electron chi connectivity index (χ2n) is 2.86. The van der Waals surface area contributed by atoms with Crippen LogP contribution in [0.2, 0.25) is 0 Å². The van der Waals surface area contributed by atoms with Gasteiger partial charge in [0.15, 0.2) is 0 Å². The van der Waals surface area contributed by atoms with Crippen molar-refractivity contribution in [1.29, 1.82) is 0 Å². The summed E-state index contributed by atoms with van der Waals surface area (Å²) >= 11 is 1.64. The number of ether oxygens (including phenoxy) is 2. The summed E-state index contributed by atoms with van der Waals surface area (Å²) in [6, 6.07) is 0. The number of methoxy groups -OCH3 is 2. The molecule has 0 spiro atoms. The van der Waals surface area contributed by atoms with E-state index in [0.717, 1.165) is 22.0 Å². The smallest absolute Gasteiger partial charge is 0.0955 e. The Kier molecular flexibility index (Phi) is 5.03. The zero-order chi connectivity index (χ0) is 10.4. The van der Waals surface area contributed by atoms with Gasteiger partial charge in [0.05, 0.1) is 23.9 Å². The zero-order valence-electron chi connectivity index (χ0n) is 8.58. The molecule has 0 aliphatic carbocycles. The zero-order valence-corrected chi connectivity index (χ0v) is 9.39. The molecular weight excluding hydrogens is 200 g/mol. The number of hydrogen-bond acceptors (Lipinski definition) is 5. The first-order valence-corrected chi connectivity index (χ1v) is 5.28. The fourth-order valence-corrected chi connectivity index (χ4v) is 2.07. The maximum atomic E-state index is 5.61. The number of hydrogen-bond donors (Lipinski definition) is 1. The number of aromatic nitrogens is 1. The second kappa shape index (κ2) is 6.08. The molecule has 1 aromatic heterocycles. The molecule has 2 N–H and O–H groups in total. The maximum absolute atomic E-state index is 5.61. The summed E-state index contributed by atoms with van der Waals surface area (Å²) < 4.78 is 10.0. The van der Waals surface area contributed by atoms with E-state index >= 15 is 0 Å². The Labute approximate surface area is 88.0 Å². The highest BCUT2D eigenvalue weighted by Gasteiger charge is 2.09. The lowest BCUT2D eigenvalue weighted by Crippen LogP contribution is -1.99. The molecule has 0 amide bonds. The van der Waals surface area contributed by atoms with Gasteiger partial charge in [-0.05, 0) is 0 Å². The Balaban J connectivity index is 2.67. The van der Waals surface area contributed by atoms with Crippen LogP contribution >= 0.6 is 11.3 Å². The Hall–Kier alpha value is -0.490. The van der Waals surface area contributed by atoms with E-state index in [-0.39, 0.29) is 0 Å². The van der Waals surface area contributed by atoms with E-state index in [9.17, 15) is 0 Å². The lowest BCUT2D eigenvalue weighted by Gasteiger charge is -1.96. The molecule has 0 bridgehead atoms. The Morgan fingerprint density at radius 3 is 2.71 bits per heavy atom. The Bertz CT molecular complexity index is 276. The van der Waals surface area contributed by atoms with Gasteiger partial charge in [-0.3, -0.25) is 0 Å². The summed E-state index contributed by atoms with van der Waals surface area (Å²) in [5.74, 6) is 0. The van der Waals surface area contributed by atoms with Crippen molar-refractivity contribution in [2.75, 3.05) is 20.8 Å². The molecule has 0 atom stereocenters. The van der Waals surface area contributed by atoms with Crippen LogP contribution in [0.25, 0.3) is 0 Å². The van der Waals surface area contributed by atoms with Gasteiger partial charge in [-0.15, -0.1) is 11.3 Å². The van der Waals surface area contributed by atoms with Gasteiger partial charge in [0, 0.05) is 32.1 Å². The lowest BCUT2D eigenvalue weighted by atomic mass is 10.4. The minimum absolute atomic E-state index is 0.531. The second-order valence-corrected chi connectivity index (χ2v) is 4.03. The van der Waals surface area contributed by atoms with Crippen LogP contribution in [-0.2, 0) is 29.0 Å². The molecule has 0 aliphatic heterocycles. The molecule has 0 radical (unpaired) electrons. The van der Waals surface area contributed by atoms with Crippen molar-refractivity contribution in [2.45, 2.75) is 19.6 Å². The van der Waals surface area contributed by atoms with Crippen LogP contribution in [0.4, 0.5) is 0 Å². The van der Waals surface area contributed by atoms with Crippen LogP contribution in [0.5, 0.6) is 0 Å². The van der Waals surface area contributed by atoms with Crippen LogP contribution in [0.3, 0.4) is 0 Å². The van der Waals surface area contributed by atoms with Crippen LogP contribution in [0, 0.1) is 0 Å². The minimum atomic E-state index is 0.531. The molecular formula is C9H16N2O2S. The van der Waals surface area contributed by atoms with Gasteiger partial charge in [-0.25, -0.2) is 4.98 Å². The monoisotopic (exact) mass is 216 g/mol. The van der Waals surface area contributed by atoms with Crippen molar-refractivity contribution < 1.29 is 9.47 Å². The number of rotatable bonds is 6. The lowest BCUT2D eigenvalue weighted by molar-refractivity contribution is 0.180. The molecule has 0 saturated carbocycles. The molecule has 14 heavy (non-hydrogen) atoms. The topological polar surface area (TPSA) is 57.4 Å². The van der Waals surface area contributed by atoms with Crippen molar-refractivity contribution in [3.8, 4) is 0 Å². The van der Waals surface area contributed by atoms with Gasteiger partial charge in [0.25, 0.3) is 0 Å². The summed E-state index contributed by atoms with van der Waals surface area (Å²) in [5, 5.41) is 1.07. The first-order chi connectivity index (χ1) is 6.81. The van der Waals surface area contributed by atoms with E-state index in [1.54, 1.807) is 25.6 Å². The summed E-state index contributed by atoms with van der Waals surface area (Å²) in [7, 11) is 3.35. The first kappa shape index (κ1) is 11.6. The number of nitrogens with zero attached hydrogens (tertiary/aromatic N) is 1. The normalized spacial score (nSPS) is 10.8. The molecule has 0 saturated heterocycles. The van der Waals surface area contributed by atoms with Crippen LogP contribution < -0.4 is 5.73 Å². The fourth-order valence-electron chi connectivity index (χ4n) is 1.14. The summed E-state index contributed by atoms with van der Waals surface area (Å²) in [6.45, 7) is 1.77. The highest BCUT2D eigenvalue weighted by Crippen LogP contribution is 2.19. The molecule has 0 unspecified atom stereocenters. The van der Waals surface area contributed by atoms with E-state index in [1.165, 1.54) is 0 Å². The van der Waals surface area contributed by atoms with Crippen LogP contribution in [-0.4, -0.2) is 25.8 Å². The predicted molar refractivity (Wildman–Crippen MR) is 56.3 cm³/mol. The largest absolute Gasteiger partial charge is 0.384 e. The van der Waals surface area contributed by atoms with Gasteiger partial charge in [0.2, 0.25) is 0 Å². The number of thiazole rings is 1. The van der Waals surface area contributed by atoms with Crippen molar-refractivity contribution in [2.24, 2.45) is 5.73 Å². The Morgan fingerprint density at radius 2 is 2.14 bits per heavy atom. The highest BCUT2D eigenvalue weighted by molar-refractivity contribution is 7.11. The predicted octanol–water partition coefficient (Wildman–Crippen LogP) is 0.937. The Morgan fingerprint density at radius 1 is 1.36 bits per heavy atom. The molecule has 5 heteroatoms. The fraction of sp³-hybridized carbons (Fsp3) is 0.667. The van der Waals surface area contributed by atoms with E-state index in [1.807, 2.05) is 0 Å². The van der Waals surface area contributed by atoms with Crippen LogP contribution in [0.1, 0.15) is 15.6 Å². The third kappa shape index (κ3) is 3.02. The number of nitrogens with two attached hydrogens (primary N) is 1. The van der Waals surface area contributed by atoms with Gasteiger partial charge in [-0.2, -0.15) is 0 Å². The quantitative estimate of drug-likeness (QED) is 0.768. The van der Waals surface area contributed by atoms with E-state index < -0.39 is 0 Å². The van der Waals surface area contributed by atoms with Gasteiger partial charge < -0.3 is 15.2 Å². The average Bonchev–Trinajstić information content (AvgIpc) is 2.58. The minimum Gasteiger partial charge on any atom is -0.384 e. The SMILES string of the molecule is COCCc1nc(COC)c(CN)s1. The first-order valence-electron chi connectivity index (χ1n) is 4.47. The summed E-state index contributed by atoms with van der Waals surface area (Å²) in [6.07, 6.45) is 0.845. The van der Waals surface area contributed by atoms with E-state index in [4.69, 9.17) is 15.2 Å². The van der Waals surface area contributed by atoms with Gasteiger partial charge >= 0.3 is 0 Å². The van der Waals surface area contributed by atoms with Crippen molar-refractivity contribution in [3.05, 3.63) is 15.6 Å². The summed E-state index contributed by atoms with van der Waals surface area (Å²) in [5.41, 5.74) is 6.57.